The van der Waals surface area contributed by atoms with Gasteiger partial charge in [0.25, 0.3) is 14.2 Å². The van der Waals surface area contributed by atoms with Crippen LogP contribution in [-0.2, 0) is 27.0 Å². The zero-order valence-electron chi connectivity index (χ0n) is 33.3. The summed E-state index contributed by atoms with van der Waals surface area (Å²) >= 11 is 12.4. The van der Waals surface area contributed by atoms with Gasteiger partial charge in [-0.3, -0.25) is 9.69 Å². The minimum atomic E-state index is -2.80. The minimum absolute atomic E-state index is 0.0214. The number of carbonyl (C=O) groups is 1. The SMILES string of the molecule is CCC(O)(c1cc(F)c2c(c1)C(=O)N(Cc1ncc(Cl)cn1)[C@@]2(OCCO)c1ccc(Cl)cc1)C1CCC(O[Si](c2ccccc2)(c2ccccc2)C(C)(C)C)CC1. The average molecular weight is 843 g/mol. The number of ether oxygens (including phenoxy) is 1. The van der Waals surface area contributed by atoms with Crippen LogP contribution in [0.4, 0.5) is 4.39 Å². The summed E-state index contributed by atoms with van der Waals surface area (Å²) in [5.74, 6) is -1.23. The molecule has 2 aliphatic rings. The van der Waals surface area contributed by atoms with Crippen LogP contribution in [0.2, 0.25) is 15.1 Å². The Bertz CT molecular complexity index is 2160. The van der Waals surface area contributed by atoms with Crippen molar-refractivity contribution in [3.05, 3.63) is 153 Å². The lowest BCUT2D eigenvalue weighted by Gasteiger charge is -2.47. The predicted molar refractivity (Wildman–Crippen MR) is 227 cm³/mol. The van der Waals surface area contributed by atoms with E-state index in [9.17, 15) is 15.0 Å². The Hall–Kier alpha value is -4.00. The second-order valence-electron chi connectivity index (χ2n) is 16.3. The van der Waals surface area contributed by atoms with Crippen molar-refractivity contribution in [2.45, 2.75) is 88.8 Å². The second kappa shape index (κ2) is 16.9. The zero-order chi connectivity index (χ0) is 41.3. The van der Waals surface area contributed by atoms with E-state index in [1.807, 2.05) is 19.1 Å². The molecule has 1 aliphatic carbocycles. The smallest absolute Gasteiger partial charge is 0.261 e. The Balaban J connectivity index is 1.24. The molecule has 2 atom stereocenters. The Morgan fingerprint density at radius 3 is 2.00 bits per heavy atom. The fraction of sp³-hybridized carbons (Fsp3) is 0.370. The summed E-state index contributed by atoms with van der Waals surface area (Å²) in [5.41, 5.74) is -2.48. The molecule has 1 saturated carbocycles. The van der Waals surface area contributed by atoms with Crippen molar-refractivity contribution in [2.24, 2.45) is 5.92 Å². The molecular weight excluding hydrogens is 793 g/mol. The molecule has 0 radical (unpaired) electrons. The summed E-state index contributed by atoms with van der Waals surface area (Å²) in [7, 11) is -2.80. The molecule has 1 amide bonds. The van der Waals surface area contributed by atoms with Gasteiger partial charge in [-0.2, -0.15) is 0 Å². The summed E-state index contributed by atoms with van der Waals surface area (Å²) in [6.07, 6.45) is 5.82. The first-order chi connectivity index (χ1) is 27.8. The number of halogens is 3. The van der Waals surface area contributed by atoms with Crippen LogP contribution in [0, 0.1) is 11.7 Å². The normalized spacial score (nSPS) is 20.8. The van der Waals surface area contributed by atoms with Gasteiger partial charge in [0.1, 0.15) is 11.6 Å². The average Bonchev–Trinajstić information content (AvgIpc) is 3.47. The highest BCUT2D eigenvalue weighted by Crippen LogP contribution is 2.51. The summed E-state index contributed by atoms with van der Waals surface area (Å²) in [6, 6.07) is 30.7. The number of benzene rings is 4. The molecule has 12 heteroatoms. The van der Waals surface area contributed by atoms with Gasteiger partial charge in [-0.05, 0) is 83.3 Å². The van der Waals surface area contributed by atoms with Crippen molar-refractivity contribution in [3.63, 3.8) is 0 Å². The minimum Gasteiger partial charge on any atom is -0.404 e. The van der Waals surface area contributed by atoms with Crippen LogP contribution in [0.25, 0.3) is 0 Å². The van der Waals surface area contributed by atoms with Crippen LogP contribution >= 0.6 is 23.2 Å². The highest BCUT2D eigenvalue weighted by molar-refractivity contribution is 6.99. The molecule has 0 saturated heterocycles. The molecule has 2 N–H and O–H groups in total. The lowest BCUT2D eigenvalue weighted by molar-refractivity contribution is -0.121. The van der Waals surface area contributed by atoms with Gasteiger partial charge in [0.05, 0.1) is 41.5 Å². The van der Waals surface area contributed by atoms with E-state index >= 15 is 4.39 Å². The summed E-state index contributed by atoms with van der Waals surface area (Å²) < 4.78 is 31.0. The number of nitrogens with zero attached hydrogens (tertiary/aromatic N) is 3. The highest BCUT2D eigenvalue weighted by Gasteiger charge is 2.56. The Labute approximate surface area is 351 Å². The molecule has 1 unspecified atom stereocenters. The first-order valence-electron chi connectivity index (χ1n) is 19.9. The van der Waals surface area contributed by atoms with Crippen LogP contribution in [-0.4, -0.2) is 58.6 Å². The van der Waals surface area contributed by atoms with E-state index in [1.165, 1.54) is 33.7 Å². The van der Waals surface area contributed by atoms with Crippen molar-refractivity contribution < 1.29 is 28.6 Å². The molecule has 58 heavy (non-hydrogen) atoms. The van der Waals surface area contributed by atoms with Gasteiger partial charge in [-0.25, -0.2) is 14.4 Å². The Morgan fingerprint density at radius 2 is 1.47 bits per heavy atom. The van der Waals surface area contributed by atoms with Crippen LogP contribution in [0.3, 0.4) is 0 Å². The number of aliphatic hydroxyl groups excluding tert-OH is 1. The summed E-state index contributed by atoms with van der Waals surface area (Å²) in [4.78, 5) is 24.7. The first kappa shape index (κ1) is 42.1. The number of hydrogen-bond donors (Lipinski definition) is 2. The zero-order valence-corrected chi connectivity index (χ0v) is 35.8. The van der Waals surface area contributed by atoms with Gasteiger partial charge in [-0.15, -0.1) is 0 Å². The fourth-order valence-electron chi connectivity index (χ4n) is 9.27. The van der Waals surface area contributed by atoms with Gasteiger partial charge < -0.3 is 19.4 Å². The maximum Gasteiger partial charge on any atom is 0.261 e. The number of aliphatic hydroxyl groups is 2. The number of hydrogen-bond acceptors (Lipinski definition) is 7. The standard InChI is InChI=1S/C46H50Cl2FN3O5Si/c1-5-45(55,31-18-22-36(23-19-31)57-58(44(2,3)4,37-12-8-6-9-13-37)38-14-10-7-11-15-38)33-26-39-42(40(49)27-33)46(56-25-24-53,32-16-20-34(47)21-17-32)52(43(39)54)30-41-50-28-35(48)29-51-41/h6-17,20-21,26-29,31,36,53,55H,5,18-19,22-25,30H2,1-4H3/t31?,36?,45?,46-/m1/s1. The molecule has 8 nitrogen and oxygen atoms in total. The monoisotopic (exact) mass is 841 g/mol. The number of amides is 1. The molecule has 1 fully saturated rings. The van der Waals surface area contributed by atoms with E-state index in [2.05, 4.69) is 79.3 Å². The van der Waals surface area contributed by atoms with Gasteiger partial charge in [0, 0.05) is 29.1 Å². The maximum atomic E-state index is 17.2. The van der Waals surface area contributed by atoms with Gasteiger partial charge in [0.15, 0.2) is 5.72 Å². The summed E-state index contributed by atoms with van der Waals surface area (Å²) in [5, 5.41) is 25.6. The van der Waals surface area contributed by atoms with Crippen molar-refractivity contribution in [3.8, 4) is 0 Å². The lowest BCUT2D eigenvalue weighted by Crippen LogP contribution is -2.67. The first-order valence-corrected chi connectivity index (χ1v) is 22.6. The van der Waals surface area contributed by atoms with E-state index in [1.54, 1.807) is 30.3 Å². The molecule has 1 aliphatic heterocycles. The molecular formula is C46H50Cl2FN3O5Si. The molecule has 0 bridgehead atoms. The molecule has 1 aromatic heterocycles. The number of rotatable bonds is 13. The van der Waals surface area contributed by atoms with E-state index in [0.29, 0.717) is 53.3 Å². The highest BCUT2D eigenvalue weighted by atomic mass is 35.5. The second-order valence-corrected chi connectivity index (χ2v) is 21.5. The summed E-state index contributed by atoms with van der Waals surface area (Å²) in [6.45, 7) is 7.93. The maximum absolute atomic E-state index is 17.2. The third kappa shape index (κ3) is 7.53. The molecule has 5 aromatic rings. The number of carbonyl (C=O) groups excluding carboxylic acids is 1. The van der Waals surface area contributed by atoms with Gasteiger partial charge in [0.2, 0.25) is 0 Å². The van der Waals surface area contributed by atoms with Crippen LogP contribution in [0.1, 0.15) is 92.7 Å². The number of fused-ring (bicyclic) bond motifs is 1. The predicted octanol–water partition coefficient (Wildman–Crippen LogP) is 8.52. The third-order valence-electron chi connectivity index (χ3n) is 12.0. The van der Waals surface area contributed by atoms with E-state index in [0.717, 1.165) is 0 Å². The van der Waals surface area contributed by atoms with Crippen LogP contribution < -0.4 is 10.4 Å². The quantitative estimate of drug-likeness (QED) is 0.115. The van der Waals surface area contributed by atoms with Crippen molar-refractivity contribution in [1.29, 1.82) is 0 Å². The van der Waals surface area contributed by atoms with Crippen LogP contribution in [0.5, 0.6) is 0 Å². The molecule has 304 valence electrons. The van der Waals surface area contributed by atoms with E-state index in [4.69, 9.17) is 32.4 Å². The van der Waals surface area contributed by atoms with E-state index in [-0.39, 0.29) is 53.8 Å². The number of aromatic nitrogens is 2. The molecule has 7 rings (SSSR count). The lowest BCUT2D eigenvalue weighted by atomic mass is 9.71. The Morgan fingerprint density at radius 1 is 0.879 bits per heavy atom. The van der Waals surface area contributed by atoms with Crippen molar-refractivity contribution >= 4 is 47.8 Å². The van der Waals surface area contributed by atoms with Gasteiger partial charge in [-0.1, -0.05) is 124 Å². The fourth-order valence-corrected chi connectivity index (χ4v) is 14.2. The van der Waals surface area contributed by atoms with Gasteiger partial charge >= 0.3 is 0 Å². The molecule has 4 aromatic carbocycles. The topological polar surface area (TPSA) is 105 Å². The van der Waals surface area contributed by atoms with Crippen molar-refractivity contribution in [2.75, 3.05) is 13.2 Å². The third-order valence-corrected chi connectivity index (χ3v) is 17.6. The molecule has 2 heterocycles. The van der Waals surface area contributed by atoms with E-state index < -0.39 is 31.4 Å². The molecule has 0 spiro atoms. The Kier molecular flexibility index (Phi) is 12.3. The van der Waals surface area contributed by atoms with Crippen molar-refractivity contribution in [1.82, 2.24) is 14.9 Å². The van der Waals surface area contributed by atoms with Crippen LogP contribution in [0.15, 0.2) is 109 Å². The largest absolute Gasteiger partial charge is 0.404 e.